The normalized spacial score (nSPS) is 10.9. The van der Waals surface area contributed by atoms with E-state index < -0.39 is 0 Å². The summed E-state index contributed by atoms with van der Waals surface area (Å²) >= 11 is 1.43. The van der Waals surface area contributed by atoms with Gasteiger partial charge in [0.1, 0.15) is 4.88 Å². The first-order chi connectivity index (χ1) is 9.15. The molecule has 4 nitrogen and oxygen atoms in total. The molecule has 0 aromatic carbocycles. The van der Waals surface area contributed by atoms with Gasteiger partial charge in [0.25, 0.3) is 5.91 Å². The number of aliphatic hydroxyl groups is 1. The summed E-state index contributed by atoms with van der Waals surface area (Å²) in [5.74, 6) is -0.0252. The smallest absolute Gasteiger partial charge is 0.266 e. The average molecular weight is 278 g/mol. The molecule has 2 aromatic heterocycles. The van der Waals surface area contributed by atoms with Crippen LogP contribution in [0.3, 0.4) is 0 Å². The van der Waals surface area contributed by atoms with Crippen LogP contribution in [0.5, 0.6) is 0 Å². The van der Waals surface area contributed by atoms with Gasteiger partial charge in [0.05, 0.1) is 12.3 Å². The Balaban J connectivity index is 2.31. The molecule has 0 aliphatic carbocycles. The van der Waals surface area contributed by atoms with E-state index in [2.05, 4.69) is 0 Å². The lowest BCUT2D eigenvalue weighted by Crippen LogP contribution is -2.39. The monoisotopic (exact) mass is 278 g/mol. The van der Waals surface area contributed by atoms with E-state index in [0.29, 0.717) is 11.4 Å². The fourth-order valence-electron chi connectivity index (χ4n) is 1.99. The van der Waals surface area contributed by atoms with Crippen LogP contribution < -0.4 is 0 Å². The average Bonchev–Trinajstić information content (AvgIpc) is 3.03. The van der Waals surface area contributed by atoms with Crippen LogP contribution in [0.25, 0.3) is 5.69 Å². The molecule has 102 valence electrons. The van der Waals surface area contributed by atoms with E-state index in [1.54, 1.807) is 4.90 Å². The van der Waals surface area contributed by atoms with E-state index in [0.717, 1.165) is 5.69 Å². The van der Waals surface area contributed by atoms with Gasteiger partial charge in [0, 0.05) is 25.0 Å². The van der Waals surface area contributed by atoms with Crippen LogP contribution in [-0.2, 0) is 0 Å². The van der Waals surface area contributed by atoms with Gasteiger partial charge in [-0.1, -0.05) is 0 Å². The Morgan fingerprint density at radius 1 is 1.42 bits per heavy atom. The van der Waals surface area contributed by atoms with Crippen molar-refractivity contribution < 1.29 is 9.90 Å². The first kappa shape index (κ1) is 13.8. The molecule has 0 spiro atoms. The van der Waals surface area contributed by atoms with Gasteiger partial charge in [-0.2, -0.15) is 0 Å². The van der Waals surface area contributed by atoms with Crippen molar-refractivity contribution in [2.75, 3.05) is 13.2 Å². The summed E-state index contributed by atoms with van der Waals surface area (Å²) in [6.45, 7) is 4.25. The molecule has 0 aliphatic rings. The highest BCUT2D eigenvalue weighted by Crippen LogP contribution is 2.23. The summed E-state index contributed by atoms with van der Waals surface area (Å²) in [4.78, 5) is 15.0. The van der Waals surface area contributed by atoms with Crippen LogP contribution in [0.2, 0.25) is 0 Å². The first-order valence-corrected chi connectivity index (χ1v) is 7.15. The highest BCUT2D eigenvalue weighted by atomic mass is 32.1. The third-order valence-corrected chi connectivity index (χ3v) is 3.84. The standard InChI is InChI=1S/C14H18N2O2S/c1-11(2)16(8-9-17)14(18)13-12(5-10-19-13)15-6-3-4-7-15/h3-7,10-11,17H,8-9H2,1-2H3. The summed E-state index contributed by atoms with van der Waals surface area (Å²) < 4.78 is 1.93. The van der Waals surface area contributed by atoms with E-state index >= 15 is 0 Å². The van der Waals surface area contributed by atoms with Crippen molar-refractivity contribution in [1.29, 1.82) is 0 Å². The van der Waals surface area contributed by atoms with E-state index in [-0.39, 0.29) is 18.6 Å². The van der Waals surface area contributed by atoms with Gasteiger partial charge in [0.15, 0.2) is 0 Å². The Bertz CT molecular complexity index is 531. The Morgan fingerprint density at radius 2 is 2.11 bits per heavy atom. The number of hydrogen-bond acceptors (Lipinski definition) is 3. The molecule has 0 atom stereocenters. The molecule has 0 radical (unpaired) electrons. The van der Waals surface area contributed by atoms with Gasteiger partial charge < -0.3 is 14.6 Å². The highest BCUT2D eigenvalue weighted by Gasteiger charge is 2.22. The van der Waals surface area contributed by atoms with Crippen LogP contribution in [0.15, 0.2) is 36.0 Å². The molecule has 0 saturated carbocycles. The molecule has 0 bridgehead atoms. The Kier molecular flexibility index (Phi) is 4.39. The molecule has 0 saturated heterocycles. The Morgan fingerprint density at radius 3 is 2.68 bits per heavy atom. The molecule has 1 amide bonds. The number of rotatable bonds is 5. The predicted molar refractivity (Wildman–Crippen MR) is 76.9 cm³/mol. The fourth-order valence-corrected chi connectivity index (χ4v) is 2.84. The maximum Gasteiger partial charge on any atom is 0.266 e. The van der Waals surface area contributed by atoms with E-state index in [1.165, 1.54) is 11.3 Å². The summed E-state index contributed by atoms with van der Waals surface area (Å²) in [7, 11) is 0. The van der Waals surface area contributed by atoms with Crippen molar-refractivity contribution in [3.8, 4) is 5.69 Å². The molecule has 5 heteroatoms. The largest absolute Gasteiger partial charge is 0.395 e. The van der Waals surface area contributed by atoms with Crippen LogP contribution in [0.4, 0.5) is 0 Å². The summed E-state index contributed by atoms with van der Waals surface area (Å²) in [6.07, 6.45) is 3.84. The molecule has 2 heterocycles. The number of carbonyl (C=O) groups is 1. The third-order valence-electron chi connectivity index (χ3n) is 2.95. The lowest BCUT2D eigenvalue weighted by Gasteiger charge is -2.25. The van der Waals surface area contributed by atoms with E-state index in [4.69, 9.17) is 5.11 Å². The number of nitrogens with zero attached hydrogens (tertiary/aromatic N) is 2. The van der Waals surface area contributed by atoms with Gasteiger partial charge >= 0.3 is 0 Å². The number of aliphatic hydroxyl groups excluding tert-OH is 1. The zero-order valence-corrected chi connectivity index (χ0v) is 11.9. The Labute approximate surface area is 116 Å². The lowest BCUT2D eigenvalue weighted by molar-refractivity contribution is 0.0670. The molecule has 2 aromatic rings. The van der Waals surface area contributed by atoms with Crippen molar-refractivity contribution in [3.05, 3.63) is 40.8 Å². The third kappa shape index (κ3) is 2.88. The van der Waals surface area contributed by atoms with Gasteiger partial charge in [-0.05, 0) is 37.4 Å². The second-order valence-electron chi connectivity index (χ2n) is 4.54. The number of hydrogen-bond donors (Lipinski definition) is 1. The minimum Gasteiger partial charge on any atom is -0.395 e. The SMILES string of the molecule is CC(C)N(CCO)C(=O)c1sccc1-n1cccc1. The van der Waals surface area contributed by atoms with Crippen LogP contribution >= 0.6 is 11.3 Å². The van der Waals surface area contributed by atoms with Gasteiger partial charge in [-0.15, -0.1) is 11.3 Å². The maximum atomic E-state index is 12.6. The predicted octanol–water partition coefficient (Wildman–Crippen LogP) is 2.38. The second kappa shape index (κ2) is 6.04. The summed E-state index contributed by atoms with van der Waals surface area (Å²) in [5.41, 5.74) is 0.892. The fraction of sp³-hybridized carbons (Fsp3) is 0.357. The van der Waals surface area contributed by atoms with Crippen molar-refractivity contribution in [2.24, 2.45) is 0 Å². The van der Waals surface area contributed by atoms with Crippen LogP contribution in [0, 0.1) is 0 Å². The molecule has 0 fully saturated rings. The minimum atomic E-state index is -0.0252. The van der Waals surface area contributed by atoms with Crippen molar-refractivity contribution in [1.82, 2.24) is 9.47 Å². The first-order valence-electron chi connectivity index (χ1n) is 6.27. The van der Waals surface area contributed by atoms with Crippen molar-refractivity contribution in [3.63, 3.8) is 0 Å². The van der Waals surface area contributed by atoms with E-state index in [9.17, 15) is 4.79 Å². The quantitative estimate of drug-likeness (QED) is 0.912. The lowest BCUT2D eigenvalue weighted by atomic mass is 10.2. The minimum absolute atomic E-state index is 0.0197. The molecule has 19 heavy (non-hydrogen) atoms. The van der Waals surface area contributed by atoms with Crippen LogP contribution in [-0.4, -0.2) is 39.7 Å². The zero-order valence-electron chi connectivity index (χ0n) is 11.1. The zero-order chi connectivity index (χ0) is 13.8. The topological polar surface area (TPSA) is 45.5 Å². The summed E-state index contributed by atoms with van der Waals surface area (Å²) in [6, 6.07) is 5.87. The van der Waals surface area contributed by atoms with Crippen molar-refractivity contribution in [2.45, 2.75) is 19.9 Å². The highest BCUT2D eigenvalue weighted by molar-refractivity contribution is 7.12. The number of aromatic nitrogens is 1. The van der Waals surface area contributed by atoms with Crippen molar-refractivity contribution >= 4 is 17.2 Å². The molecular formula is C14H18N2O2S. The molecule has 0 unspecified atom stereocenters. The second-order valence-corrected chi connectivity index (χ2v) is 5.46. The van der Waals surface area contributed by atoms with Crippen LogP contribution in [0.1, 0.15) is 23.5 Å². The molecule has 2 rings (SSSR count). The summed E-state index contributed by atoms with van der Waals surface area (Å²) in [5, 5.41) is 11.0. The number of thiophene rings is 1. The van der Waals surface area contributed by atoms with Gasteiger partial charge in [-0.25, -0.2) is 0 Å². The Hall–Kier alpha value is -1.59. The maximum absolute atomic E-state index is 12.6. The number of carbonyl (C=O) groups excluding carboxylic acids is 1. The van der Waals surface area contributed by atoms with Gasteiger partial charge in [0.2, 0.25) is 0 Å². The molecular weight excluding hydrogens is 260 g/mol. The number of amides is 1. The molecule has 0 aliphatic heterocycles. The van der Waals surface area contributed by atoms with Gasteiger partial charge in [-0.3, -0.25) is 4.79 Å². The van der Waals surface area contributed by atoms with E-state index in [1.807, 2.05) is 54.4 Å². The molecule has 1 N–H and O–H groups in total.